The number of carbonyl (C=O) groups is 1. The van der Waals surface area contributed by atoms with Gasteiger partial charge in [-0.1, -0.05) is 0 Å². The molecule has 1 unspecified atom stereocenters. The molecular formula is C7H9ClN2OS. The summed E-state index contributed by atoms with van der Waals surface area (Å²) in [7, 11) is 3.36. The smallest absolute Gasteiger partial charge is 0.245 e. The van der Waals surface area contributed by atoms with Gasteiger partial charge in [-0.15, -0.1) is 22.9 Å². The minimum atomic E-state index is -0.590. The molecule has 1 aromatic rings. The maximum absolute atomic E-state index is 11.3. The Hall–Kier alpha value is -0.610. The zero-order chi connectivity index (χ0) is 9.14. The number of likely N-dealkylation sites (N-methyl/N-ethyl adjacent to an activating group) is 1. The molecule has 1 rings (SSSR count). The molecule has 1 heterocycles. The predicted octanol–water partition coefficient (Wildman–Crippen LogP) is 1.51. The molecule has 0 radical (unpaired) electrons. The summed E-state index contributed by atoms with van der Waals surface area (Å²) in [5.41, 5.74) is 1.66. The molecular weight excluding hydrogens is 196 g/mol. The van der Waals surface area contributed by atoms with E-state index in [0.717, 1.165) is 4.88 Å². The molecule has 0 saturated carbocycles. The number of hydrogen-bond donors (Lipinski definition) is 0. The highest BCUT2D eigenvalue weighted by Gasteiger charge is 2.20. The molecule has 0 spiro atoms. The first-order valence-electron chi connectivity index (χ1n) is 3.36. The Labute approximate surface area is 80.0 Å². The van der Waals surface area contributed by atoms with E-state index in [0.29, 0.717) is 0 Å². The van der Waals surface area contributed by atoms with Gasteiger partial charge in [-0.3, -0.25) is 9.78 Å². The summed E-state index contributed by atoms with van der Waals surface area (Å²) >= 11 is 7.26. The predicted molar refractivity (Wildman–Crippen MR) is 49.4 cm³/mol. The molecule has 0 saturated heterocycles. The lowest BCUT2D eigenvalue weighted by Gasteiger charge is -2.13. The van der Waals surface area contributed by atoms with Crippen molar-refractivity contribution in [3.8, 4) is 0 Å². The van der Waals surface area contributed by atoms with E-state index in [9.17, 15) is 4.79 Å². The lowest BCUT2D eigenvalue weighted by Crippen LogP contribution is -2.25. The second kappa shape index (κ2) is 3.87. The van der Waals surface area contributed by atoms with Crippen LogP contribution in [0.3, 0.4) is 0 Å². The minimum absolute atomic E-state index is 0.110. The molecule has 1 atom stereocenters. The fourth-order valence-corrected chi connectivity index (χ4v) is 1.69. The molecule has 0 fully saturated rings. The van der Waals surface area contributed by atoms with E-state index in [1.807, 2.05) is 0 Å². The second-order valence-electron chi connectivity index (χ2n) is 2.50. The Morgan fingerprint density at radius 2 is 2.42 bits per heavy atom. The fourth-order valence-electron chi connectivity index (χ4n) is 0.699. The Morgan fingerprint density at radius 3 is 2.83 bits per heavy atom. The molecule has 0 aliphatic carbocycles. The maximum atomic E-state index is 11.3. The number of nitrogens with zero attached hydrogens (tertiary/aromatic N) is 2. The van der Waals surface area contributed by atoms with E-state index in [1.54, 1.807) is 25.8 Å². The van der Waals surface area contributed by atoms with E-state index in [-0.39, 0.29) is 5.91 Å². The first-order valence-corrected chi connectivity index (χ1v) is 4.68. The topological polar surface area (TPSA) is 33.2 Å². The summed E-state index contributed by atoms with van der Waals surface area (Å²) in [5.74, 6) is -0.110. The third-order valence-corrected chi connectivity index (χ3v) is 2.75. The van der Waals surface area contributed by atoms with Gasteiger partial charge in [-0.05, 0) is 0 Å². The highest BCUT2D eigenvalue weighted by molar-refractivity contribution is 7.10. The van der Waals surface area contributed by atoms with Gasteiger partial charge in [0.1, 0.15) is 5.38 Å². The summed E-state index contributed by atoms with van der Waals surface area (Å²) in [6.45, 7) is 0. The highest BCUT2D eigenvalue weighted by Crippen LogP contribution is 2.24. The van der Waals surface area contributed by atoms with Gasteiger partial charge in [0.15, 0.2) is 0 Å². The standard InChI is InChI=1S/C7H9ClN2OS/c1-10(2)7(11)6(8)5-3-9-4-12-5/h3-4,6H,1-2H3. The van der Waals surface area contributed by atoms with Crippen LogP contribution in [0.1, 0.15) is 10.3 Å². The number of hydrogen-bond acceptors (Lipinski definition) is 3. The number of alkyl halides is 1. The number of amides is 1. The lowest BCUT2D eigenvalue weighted by atomic mass is 10.3. The molecule has 66 valence electrons. The van der Waals surface area contributed by atoms with Gasteiger partial charge >= 0.3 is 0 Å². The third kappa shape index (κ3) is 1.95. The first kappa shape index (κ1) is 9.48. The summed E-state index contributed by atoms with van der Waals surface area (Å²) in [6.07, 6.45) is 1.61. The van der Waals surface area contributed by atoms with Crippen LogP contribution >= 0.6 is 22.9 Å². The SMILES string of the molecule is CN(C)C(=O)C(Cl)c1cncs1. The van der Waals surface area contributed by atoms with E-state index in [2.05, 4.69) is 4.98 Å². The quantitative estimate of drug-likeness (QED) is 0.685. The Balaban J connectivity index is 2.72. The van der Waals surface area contributed by atoms with Crippen molar-refractivity contribution in [2.24, 2.45) is 0 Å². The molecule has 5 heteroatoms. The number of thiazole rings is 1. The number of halogens is 1. The van der Waals surface area contributed by atoms with Crippen molar-refractivity contribution < 1.29 is 4.79 Å². The second-order valence-corrected chi connectivity index (χ2v) is 3.85. The van der Waals surface area contributed by atoms with E-state index in [1.165, 1.54) is 16.2 Å². The van der Waals surface area contributed by atoms with Gasteiger partial charge in [0, 0.05) is 20.3 Å². The van der Waals surface area contributed by atoms with Crippen LogP contribution in [0.4, 0.5) is 0 Å². The molecule has 12 heavy (non-hydrogen) atoms. The monoisotopic (exact) mass is 204 g/mol. The molecule has 1 aromatic heterocycles. The molecule has 0 N–H and O–H groups in total. The van der Waals surface area contributed by atoms with E-state index >= 15 is 0 Å². The third-order valence-electron chi connectivity index (χ3n) is 1.36. The van der Waals surface area contributed by atoms with Crippen LogP contribution in [0.2, 0.25) is 0 Å². The van der Waals surface area contributed by atoms with Crippen LogP contribution in [0.15, 0.2) is 11.7 Å². The molecule has 0 aliphatic heterocycles. The van der Waals surface area contributed by atoms with Crippen LogP contribution in [-0.2, 0) is 4.79 Å². The van der Waals surface area contributed by atoms with Crippen molar-refractivity contribution in [1.82, 2.24) is 9.88 Å². The molecule has 1 amide bonds. The van der Waals surface area contributed by atoms with Crippen LogP contribution in [-0.4, -0.2) is 29.9 Å². The number of aromatic nitrogens is 1. The van der Waals surface area contributed by atoms with Gasteiger partial charge in [0.2, 0.25) is 5.91 Å². The van der Waals surface area contributed by atoms with Gasteiger partial charge in [-0.25, -0.2) is 0 Å². The fraction of sp³-hybridized carbons (Fsp3) is 0.429. The van der Waals surface area contributed by atoms with Crippen molar-refractivity contribution in [3.63, 3.8) is 0 Å². The van der Waals surface area contributed by atoms with Gasteiger partial charge in [-0.2, -0.15) is 0 Å². The van der Waals surface area contributed by atoms with Crippen molar-refractivity contribution in [2.75, 3.05) is 14.1 Å². The summed E-state index contributed by atoms with van der Waals surface area (Å²) in [6, 6.07) is 0. The molecule has 3 nitrogen and oxygen atoms in total. The van der Waals surface area contributed by atoms with Crippen LogP contribution < -0.4 is 0 Å². The Morgan fingerprint density at radius 1 is 1.75 bits per heavy atom. The summed E-state index contributed by atoms with van der Waals surface area (Å²) in [5, 5.41) is -0.590. The van der Waals surface area contributed by atoms with Gasteiger partial charge in [0.25, 0.3) is 0 Å². The van der Waals surface area contributed by atoms with Crippen molar-refractivity contribution in [1.29, 1.82) is 0 Å². The molecule has 0 bridgehead atoms. The van der Waals surface area contributed by atoms with Crippen molar-refractivity contribution in [2.45, 2.75) is 5.38 Å². The van der Waals surface area contributed by atoms with E-state index in [4.69, 9.17) is 11.6 Å². The van der Waals surface area contributed by atoms with Crippen molar-refractivity contribution in [3.05, 3.63) is 16.6 Å². The highest BCUT2D eigenvalue weighted by atomic mass is 35.5. The first-order chi connectivity index (χ1) is 5.63. The van der Waals surface area contributed by atoms with Crippen LogP contribution in [0.5, 0.6) is 0 Å². The number of carbonyl (C=O) groups excluding carboxylic acids is 1. The minimum Gasteiger partial charge on any atom is -0.347 e. The average molecular weight is 205 g/mol. The van der Waals surface area contributed by atoms with Gasteiger partial charge in [0.05, 0.1) is 10.4 Å². The lowest BCUT2D eigenvalue weighted by molar-refractivity contribution is -0.128. The molecule has 0 aromatic carbocycles. The normalized spacial score (nSPS) is 12.6. The van der Waals surface area contributed by atoms with Crippen LogP contribution in [0, 0.1) is 0 Å². The maximum Gasteiger partial charge on any atom is 0.245 e. The summed E-state index contributed by atoms with van der Waals surface area (Å²) in [4.78, 5) is 17.4. The molecule has 0 aliphatic rings. The van der Waals surface area contributed by atoms with Gasteiger partial charge < -0.3 is 4.90 Å². The largest absolute Gasteiger partial charge is 0.347 e. The van der Waals surface area contributed by atoms with Crippen molar-refractivity contribution >= 4 is 28.8 Å². The Bertz CT molecular complexity index is 260. The zero-order valence-electron chi connectivity index (χ0n) is 6.82. The number of rotatable bonds is 2. The zero-order valence-corrected chi connectivity index (χ0v) is 8.39. The average Bonchev–Trinajstić information content (AvgIpc) is 2.53. The summed E-state index contributed by atoms with van der Waals surface area (Å²) < 4.78 is 0. The van der Waals surface area contributed by atoms with Crippen LogP contribution in [0.25, 0.3) is 0 Å². The van der Waals surface area contributed by atoms with E-state index < -0.39 is 5.38 Å². The Kier molecular flexibility index (Phi) is 3.05.